The van der Waals surface area contributed by atoms with Gasteiger partial charge in [0, 0.05) is 11.5 Å². The third-order valence-corrected chi connectivity index (χ3v) is 3.88. The molecule has 0 saturated carbocycles. The van der Waals surface area contributed by atoms with Gasteiger partial charge in [0.05, 0.1) is 17.9 Å². The minimum absolute atomic E-state index is 0.0332. The van der Waals surface area contributed by atoms with Crippen LogP contribution in [0.5, 0.6) is 17.2 Å². The average Bonchev–Trinajstić information content (AvgIpc) is 3.20. The van der Waals surface area contributed by atoms with E-state index in [1.54, 1.807) is 25.1 Å². The number of ether oxygens (including phenoxy) is 3. The van der Waals surface area contributed by atoms with Crippen LogP contribution in [0.15, 0.2) is 24.3 Å². The van der Waals surface area contributed by atoms with Crippen molar-refractivity contribution in [2.45, 2.75) is 45.8 Å². The molecule has 0 bridgehead atoms. The van der Waals surface area contributed by atoms with Gasteiger partial charge in [-0.3, -0.25) is 9.89 Å². The van der Waals surface area contributed by atoms with E-state index < -0.39 is 6.10 Å². The number of benzene rings is 1. The molecule has 1 aliphatic rings. The first kappa shape index (κ1) is 17.1. The molecule has 1 aromatic heterocycles. The van der Waals surface area contributed by atoms with Crippen LogP contribution in [0.3, 0.4) is 0 Å². The highest BCUT2D eigenvalue weighted by molar-refractivity contribution is 5.80. The Balaban J connectivity index is 1.53. The summed E-state index contributed by atoms with van der Waals surface area (Å²) in [6.45, 7) is 8.55. The summed E-state index contributed by atoms with van der Waals surface area (Å²) in [7, 11) is 0. The molecule has 1 aromatic carbocycles. The Bertz CT molecular complexity index is 764. The molecule has 1 amide bonds. The van der Waals surface area contributed by atoms with Gasteiger partial charge >= 0.3 is 0 Å². The lowest BCUT2D eigenvalue weighted by molar-refractivity contribution is -0.127. The molecule has 7 heteroatoms. The van der Waals surface area contributed by atoms with Crippen LogP contribution in [0.2, 0.25) is 0 Å². The summed E-state index contributed by atoms with van der Waals surface area (Å²) in [6, 6.07) is 7.20. The molecule has 134 valence electrons. The van der Waals surface area contributed by atoms with E-state index in [-0.39, 0.29) is 18.1 Å². The molecule has 3 rings (SSSR count). The van der Waals surface area contributed by atoms with E-state index >= 15 is 0 Å². The van der Waals surface area contributed by atoms with Crippen LogP contribution in [0.25, 0.3) is 0 Å². The second kappa shape index (κ2) is 6.66. The number of aromatic amines is 1. The van der Waals surface area contributed by atoms with E-state index in [0.717, 1.165) is 11.4 Å². The molecule has 0 spiro atoms. The molecule has 0 fully saturated rings. The summed E-state index contributed by atoms with van der Waals surface area (Å²) in [5.74, 6) is 1.66. The highest BCUT2D eigenvalue weighted by Crippen LogP contribution is 2.35. The maximum Gasteiger partial charge on any atom is 0.261 e. The highest BCUT2D eigenvalue weighted by atomic mass is 16.7. The Morgan fingerprint density at radius 2 is 2.08 bits per heavy atom. The van der Waals surface area contributed by atoms with E-state index in [2.05, 4.69) is 36.3 Å². The lowest BCUT2D eigenvalue weighted by Crippen LogP contribution is -2.36. The molecule has 7 nitrogen and oxygen atoms in total. The molecule has 2 aromatic rings. The van der Waals surface area contributed by atoms with Crippen LogP contribution in [-0.4, -0.2) is 29.0 Å². The van der Waals surface area contributed by atoms with Crippen molar-refractivity contribution in [3.63, 3.8) is 0 Å². The van der Waals surface area contributed by atoms with Gasteiger partial charge in [0.2, 0.25) is 6.79 Å². The van der Waals surface area contributed by atoms with E-state index in [4.69, 9.17) is 14.2 Å². The van der Waals surface area contributed by atoms with Gasteiger partial charge < -0.3 is 19.5 Å². The number of nitrogens with zero attached hydrogens (tertiary/aromatic N) is 1. The van der Waals surface area contributed by atoms with Crippen LogP contribution in [0.4, 0.5) is 0 Å². The van der Waals surface area contributed by atoms with E-state index in [1.165, 1.54) is 0 Å². The Morgan fingerprint density at radius 1 is 1.32 bits per heavy atom. The standard InChI is InChI=1S/C18H23N3O4/c1-11(25-13-5-6-14-15(8-13)24-10-23-14)17(22)19-9-12-7-16(21-20-12)18(2,3)4/h5-8,11H,9-10H2,1-4H3,(H,19,22)(H,20,21). The second-order valence-corrected chi connectivity index (χ2v) is 7.02. The third-order valence-electron chi connectivity index (χ3n) is 3.88. The molecule has 1 atom stereocenters. The fraction of sp³-hybridized carbons (Fsp3) is 0.444. The Morgan fingerprint density at radius 3 is 2.80 bits per heavy atom. The number of carbonyl (C=O) groups excluding carboxylic acids is 1. The molecular weight excluding hydrogens is 322 g/mol. The van der Waals surface area contributed by atoms with Crippen molar-refractivity contribution in [1.29, 1.82) is 0 Å². The smallest absolute Gasteiger partial charge is 0.261 e. The molecule has 2 N–H and O–H groups in total. The fourth-order valence-electron chi connectivity index (χ4n) is 2.37. The van der Waals surface area contributed by atoms with Crippen LogP contribution in [0.1, 0.15) is 39.1 Å². The largest absolute Gasteiger partial charge is 0.481 e. The summed E-state index contributed by atoms with van der Waals surface area (Å²) < 4.78 is 16.2. The zero-order valence-electron chi connectivity index (χ0n) is 14.9. The predicted molar refractivity (Wildman–Crippen MR) is 91.8 cm³/mol. The lowest BCUT2D eigenvalue weighted by atomic mass is 9.92. The van der Waals surface area contributed by atoms with Crippen molar-refractivity contribution in [2.75, 3.05) is 6.79 Å². The summed E-state index contributed by atoms with van der Waals surface area (Å²) in [6.07, 6.45) is -0.634. The first-order valence-corrected chi connectivity index (χ1v) is 8.22. The van der Waals surface area contributed by atoms with Gasteiger partial charge in [0.15, 0.2) is 17.6 Å². The molecule has 2 heterocycles. The number of nitrogens with one attached hydrogen (secondary N) is 2. The van der Waals surface area contributed by atoms with Gasteiger partial charge in [-0.25, -0.2) is 0 Å². The number of aromatic nitrogens is 2. The SMILES string of the molecule is CC(Oc1ccc2c(c1)OCO2)C(=O)NCc1cc(C(C)(C)C)n[nH]1. The second-order valence-electron chi connectivity index (χ2n) is 7.02. The molecule has 0 radical (unpaired) electrons. The molecular formula is C18H23N3O4. The molecule has 1 unspecified atom stereocenters. The van der Waals surface area contributed by atoms with Gasteiger partial charge in [-0.1, -0.05) is 20.8 Å². The maximum absolute atomic E-state index is 12.2. The summed E-state index contributed by atoms with van der Waals surface area (Å²) >= 11 is 0. The van der Waals surface area contributed by atoms with Gasteiger partial charge in [-0.2, -0.15) is 5.10 Å². The van der Waals surface area contributed by atoms with E-state index in [9.17, 15) is 4.79 Å². The zero-order chi connectivity index (χ0) is 18.0. The molecule has 1 aliphatic heterocycles. The maximum atomic E-state index is 12.2. The van der Waals surface area contributed by atoms with Crippen molar-refractivity contribution in [1.82, 2.24) is 15.5 Å². The number of amides is 1. The molecule has 0 aliphatic carbocycles. The predicted octanol–water partition coefficient (Wildman–Crippen LogP) is 2.52. The van der Waals surface area contributed by atoms with Crippen molar-refractivity contribution < 1.29 is 19.0 Å². The lowest BCUT2D eigenvalue weighted by Gasteiger charge is -2.15. The van der Waals surface area contributed by atoms with Crippen molar-refractivity contribution in [3.05, 3.63) is 35.7 Å². The van der Waals surface area contributed by atoms with Gasteiger partial charge in [-0.05, 0) is 25.1 Å². The molecule has 25 heavy (non-hydrogen) atoms. The van der Waals surface area contributed by atoms with Gasteiger partial charge in [0.25, 0.3) is 5.91 Å². The van der Waals surface area contributed by atoms with Crippen LogP contribution < -0.4 is 19.5 Å². The van der Waals surface area contributed by atoms with Crippen molar-refractivity contribution >= 4 is 5.91 Å². The zero-order valence-corrected chi connectivity index (χ0v) is 14.9. The minimum atomic E-state index is -0.634. The topological polar surface area (TPSA) is 85.5 Å². The number of H-pyrrole nitrogens is 1. The summed E-state index contributed by atoms with van der Waals surface area (Å²) in [4.78, 5) is 12.2. The normalized spacial score (nSPS) is 14.2. The van der Waals surface area contributed by atoms with Crippen LogP contribution in [-0.2, 0) is 16.8 Å². The number of carbonyl (C=O) groups is 1. The first-order chi connectivity index (χ1) is 11.8. The van der Waals surface area contributed by atoms with E-state index in [1.807, 2.05) is 6.07 Å². The fourth-order valence-corrected chi connectivity index (χ4v) is 2.37. The highest BCUT2D eigenvalue weighted by Gasteiger charge is 2.20. The Hall–Kier alpha value is -2.70. The number of hydrogen-bond donors (Lipinski definition) is 2. The van der Waals surface area contributed by atoms with Crippen molar-refractivity contribution in [2.24, 2.45) is 0 Å². The Labute approximate surface area is 146 Å². The quantitative estimate of drug-likeness (QED) is 0.870. The minimum Gasteiger partial charge on any atom is -0.481 e. The summed E-state index contributed by atoms with van der Waals surface area (Å²) in [5, 5.41) is 10.1. The number of rotatable bonds is 5. The van der Waals surface area contributed by atoms with E-state index in [0.29, 0.717) is 23.8 Å². The summed E-state index contributed by atoms with van der Waals surface area (Å²) in [5.41, 5.74) is 1.78. The van der Waals surface area contributed by atoms with Crippen LogP contribution >= 0.6 is 0 Å². The third kappa shape index (κ3) is 4.04. The van der Waals surface area contributed by atoms with Crippen LogP contribution in [0, 0.1) is 0 Å². The first-order valence-electron chi connectivity index (χ1n) is 8.22. The monoisotopic (exact) mass is 345 g/mol. The Kier molecular flexibility index (Phi) is 4.57. The number of fused-ring (bicyclic) bond motifs is 1. The molecule has 0 saturated heterocycles. The van der Waals surface area contributed by atoms with Gasteiger partial charge in [-0.15, -0.1) is 0 Å². The van der Waals surface area contributed by atoms with Gasteiger partial charge in [0.1, 0.15) is 5.75 Å². The number of hydrogen-bond acceptors (Lipinski definition) is 5. The average molecular weight is 345 g/mol. The van der Waals surface area contributed by atoms with Crippen molar-refractivity contribution in [3.8, 4) is 17.2 Å².